The van der Waals surface area contributed by atoms with Gasteiger partial charge >= 0.3 is 0 Å². The van der Waals surface area contributed by atoms with E-state index < -0.39 is 0 Å². The zero-order valence-electron chi connectivity index (χ0n) is 17.2. The van der Waals surface area contributed by atoms with E-state index in [4.69, 9.17) is 0 Å². The molecule has 0 radical (unpaired) electrons. The average Bonchev–Trinajstić information content (AvgIpc) is 2.80. The molecule has 1 N–H and O–H groups in total. The number of rotatable bonds is 6. The third kappa shape index (κ3) is 4.88. The first-order valence-electron chi connectivity index (χ1n) is 10.8. The van der Waals surface area contributed by atoms with Gasteiger partial charge in [0, 0.05) is 19.6 Å². The molecule has 3 aromatic carbocycles. The van der Waals surface area contributed by atoms with Gasteiger partial charge in [-0.3, -0.25) is 9.59 Å². The van der Waals surface area contributed by atoms with Crippen LogP contribution in [0.2, 0.25) is 0 Å². The SMILES string of the molecule is O=C(NCCc1ccccc1)[C@@H]1CCCN(C(=O)Cc2cccc3ccccc23)C1. The maximum atomic E-state index is 13.0. The molecule has 0 aromatic heterocycles. The second-order valence-electron chi connectivity index (χ2n) is 8.02. The first-order chi connectivity index (χ1) is 14.7. The Labute approximate surface area is 177 Å². The van der Waals surface area contributed by atoms with Crippen LogP contribution in [0.3, 0.4) is 0 Å². The number of likely N-dealkylation sites (tertiary alicyclic amines) is 1. The number of carbonyl (C=O) groups excluding carboxylic acids is 2. The minimum atomic E-state index is -0.119. The van der Waals surface area contributed by atoms with Gasteiger partial charge in [-0.05, 0) is 41.2 Å². The number of benzene rings is 3. The van der Waals surface area contributed by atoms with E-state index in [-0.39, 0.29) is 17.7 Å². The molecule has 154 valence electrons. The minimum Gasteiger partial charge on any atom is -0.355 e. The number of nitrogens with zero attached hydrogens (tertiary/aromatic N) is 1. The highest BCUT2D eigenvalue weighted by molar-refractivity contribution is 5.90. The quantitative estimate of drug-likeness (QED) is 0.680. The van der Waals surface area contributed by atoms with E-state index in [0.29, 0.717) is 19.5 Å². The van der Waals surface area contributed by atoms with Gasteiger partial charge in [-0.25, -0.2) is 0 Å². The molecular weight excluding hydrogens is 372 g/mol. The van der Waals surface area contributed by atoms with Crippen LogP contribution >= 0.6 is 0 Å². The molecule has 30 heavy (non-hydrogen) atoms. The van der Waals surface area contributed by atoms with Crippen LogP contribution in [0.15, 0.2) is 72.8 Å². The van der Waals surface area contributed by atoms with Gasteiger partial charge in [0.1, 0.15) is 0 Å². The minimum absolute atomic E-state index is 0.0635. The highest BCUT2D eigenvalue weighted by Crippen LogP contribution is 2.22. The monoisotopic (exact) mass is 400 g/mol. The van der Waals surface area contributed by atoms with Gasteiger partial charge in [-0.2, -0.15) is 0 Å². The predicted molar refractivity (Wildman–Crippen MR) is 120 cm³/mol. The number of piperidine rings is 1. The fraction of sp³-hybridized carbons (Fsp3) is 0.308. The number of carbonyl (C=O) groups is 2. The average molecular weight is 401 g/mol. The predicted octanol–water partition coefficient (Wildman–Crippen LogP) is 3.98. The number of hydrogen-bond donors (Lipinski definition) is 1. The van der Waals surface area contributed by atoms with Crippen molar-refractivity contribution in [2.24, 2.45) is 5.92 Å². The van der Waals surface area contributed by atoms with E-state index in [9.17, 15) is 9.59 Å². The summed E-state index contributed by atoms with van der Waals surface area (Å²) in [6.07, 6.45) is 2.92. The van der Waals surface area contributed by atoms with Crippen molar-refractivity contribution < 1.29 is 9.59 Å². The standard InChI is InChI=1S/C26H28N2O2/c29-25(18-22-12-6-11-21-10-4-5-14-24(21)22)28-17-7-13-23(19-28)26(30)27-16-15-20-8-2-1-3-9-20/h1-6,8-12,14,23H,7,13,15-19H2,(H,27,30)/t23-/m1/s1. The number of amides is 2. The molecule has 4 heteroatoms. The normalized spacial score (nSPS) is 16.4. The molecule has 0 aliphatic carbocycles. The van der Waals surface area contributed by atoms with Crippen LogP contribution in [0.5, 0.6) is 0 Å². The Morgan fingerprint density at radius 3 is 2.57 bits per heavy atom. The number of fused-ring (bicyclic) bond motifs is 1. The van der Waals surface area contributed by atoms with Gasteiger partial charge in [0.2, 0.25) is 11.8 Å². The maximum absolute atomic E-state index is 13.0. The van der Waals surface area contributed by atoms with Crippen LogP contribution in [0.25, 0.3) is 10.8 Å². The molecule has 0 unspecified atom stereocenters. The number of hydrogen-bond acceptors (Lipinski definition) is 2. The van der Waals surface area contributed by atoms with E-state index in [0.717, 1.165) is 42.1 Å². The largest absolute Gasteiger partial charge is 0.355 e. The molecule has 1 aliphatic heterocycles. The maximum Gasteiger partial charge on any atom is 0.227 e. The summed E-state index contributed by atoms with van der Waals surface area (Å²) in [5.74, 6) is 0.0488. The van der Waals surface area contributed by atoms with Crippen molar-refractivity contribution in [1.29, 1.82) is 0 Å². The lowest BCUT2D eigenvalue weighted by molar-refractivity contribution is -0.135. The smallest absolute Gasteiger partial charge is 0.227 e. The Bertz CT molecular complexity index is 1010. The summed E-state index contributed by atoms with van der Waals surface area (Å²) in [6, 6.07) is 24.4. The zero-order valence-corrected chi connectivity index (χ0v) is 17.2. The number of nitrogens with one attached hydrogen (secondary N) is 1. The van der Waals surface area contributed by atoms with Crippen molar-refractivity contribution in [2.45, 2.75) is 25.7 Å². The molecule has 0 saturated carbocycles. The van der Waals surface area contributed by atoms with E-state index in [1.807, 2.05) is 47.4 Å². The fourth-order valence-corrected chi connectivity index (χ4v) is 4.26. The summed E-state index contributed by atoms with van der Waals surface area (Å²) in [7, 11) is 0. The molecule has 4 rings (SSSR count). The Kier molecular flexibility index (Phi) is 6.43. The van der Waals surface area contributed by atoms with Gasteiger partial charge in [-0.15, -0.1) is 0 Å². The van der Waals surface area contributed by atoms with Gasteiger partial charge in [0.15, 0.2) is 0 Å². The zero-order chi connectivity index (χ0) is 20.8. The summed E-state index contributed by atoms with van der Waals surface area (Å²) < 4.78 is 0. The van der Waals surface area contributed by atoms with Gasteiger partial charge < -0.3 is 10.2 Å². The molecule has 1 heterocycles. The third-order valence-corrected chi connectivity index (χ3v) is 5.92. The van der Waals surface area contributed by atoms with Crippen LogP contribution in [0.1, 0.15) is 24.0 Å². The third-order valence-electron chi connectivity index (χ3n) is 5.92. The topological polar surface area (TPSA) is 49.4 Å². The molecular formula is C26H28N2O2. The Morgan fingerprint density at radius 1 is 0.933 bits per heavy atom. The second-order valence-corrected chi connectivity index (χ2v) is 8.02. The van der Waals surface area contributed by atoms with Crippen molar-refractivity contribution >= 4 is 22.6 Å². The van der Waals surface area contributed by atoms with Gasteiger partial charge in [0.05, 0.1) is 12.3 Å². The molecule has 0 spiro atoms. The lowest BCUT2D eigenvalue weighted by Crippen LogP contribution is -2.46. The molecule has 1 aliphatic rings. The summed E-state index contributed by atoms with van der Waals surface area (Å²) in [5.41, 5.74) is 2.26. The lowest BCUT2D eigenvalue weighted by Gasteiger charge is -2.32. The van der Waals surface area contributed by atoms with Crippen LogP contribution in [0, 0.1) is 5.92 Å². The molecule has 0 bridgehead atoms. The first kappa shape index (κ1) is 20.1. The first-order valence-corrected chi connectivity index (χ1v) is 10.8. The summed E-state index contributed by atoms with van der Waals surface area (Å²) in [6.45, 7) is 1.88. The Hall–Kier alpha value is -3.14. The molecule has 2 amide bonds. The highest BCUT2D eigenvalue weighted by atomic mass is 16.2. The van der Waals surface area contributed by atoms with Gasteiger partial charge in [-0.1, -0.05) is 72.8 Å². The van der Waals surface area contributed by atoms with E-state index >= 15 is 0 Å². The van der Waals surface area contributed by atoms with Crippen molar-refractivity contribution in [3.63, 3.8) is 0 Å². The van der Waals surface area contributed by atoms with Crippen molar-refractivity contribution in [1.82, 2.24) is 10.2 Å². The van der Waals surface area contributed by atoms with Crippen LogP contribution in [-0.4, -0.2) is 36.3 Å². The Balaban J connectivity index is 1.32. The summed E-state index contributed by atoms with van der Waals surface area (Å²) >= 11 is 0. The Morgan fingerprint density at radius 2 is 1.70 bits per heavy atom. The van der Waals surface area contributed by atoms with Crippen molar-refractivity contribution in [3.8, 4) is 0 Å². The van der Waals surface area contributed by atoms with Crippen molar-refractivity contribution in [3.05, 3.63) is 83.9 Å². The van der Waals surface area contributed by atoms with Crippen molar-refractivity contribution in [2.75, 3.05) is 19.6 Å². The molecule has 4 nitrogen and oxygen atoms in total. The van der Waals surface area contributed by atoms with Gasteiger partial charge in [0.25, 0.3) is 0 Å². The molecule has 1 saturated heterocycles. The fourth-order valence-electron chi connectivity index (χ4n) is 4.26. The summed E-state index contributed by atoms with van der Waals surface area (Å²) in [5, 5.41) is 5.33. The highest BCUT2D eigenvalue weighted by Gasteiger charge is 2.28. The lowest BCUT2D eigenvalue weighted by atomic mass is 9.95. The van der Waals surface area contributed by atoms with Crippen LogP contribution in [-0.2, 0) is 22.4 Å². The van der Waals surface area contributed by atoms with Crippen LogP contribution < -0.4 is 5.32 Å². The van der Waals surface area contributed by atoms with Crippen LogP contribution in [0.4, 0.5) is 0 Å². The van der Waals surface area contributed by atoms with E-state index in [1.54, 1.807) is 0 Å². The molecule has 1 atom stereocenters. The van der Waals surface area contributed by atoms with E-state index in [2.05, 4.69) is 35.6 Å². The molecule has 1 fully saturated rings. The molecule has 3 aromatic rings. The van der Waals surface area contributed by atoms with E-state index in [1.165, 1.54) is 5.56 Å². The summed E-state index contributed by atoms with van der Waals surface area (Å²) in [4.78, 5) is 27.5. The second kappa shape index (κ2) is 9.57.